The molecule has 3 heteroatoms. The van der Waals surface area contributed by atoms with E-state index in [9.17, 15) is 0 Å². The summed E-state index contributed by atoms with van der Waals surface area (Å²) in [5, 5.41) is 0. The van der Waals surface area contributed by atoms with Crippen molar-refractivity contribution < 1.29 is 0 Å². The number of pyridine rings is 2. The van der Waals surface area contributed by atoms with E-state index in [1.165, 1.54) is 36.8 Å². The maximum absolute atomic E-state index is 4.18. The van der Waals surface area contributed by atoms with Crippen molar-refractivity contribution in [3.8, 4) is 0 Å². The molecule has 0 radical (unpaired) electrons. The Balaban J connectivity index is 1.70. The molecule has 0 bridgehead atoms. The predicted molar refractivity (Wildman–Crippen MR) is 91.8 cm³/mol. The highest BCUT2D eigenvalue weighted by atomic mass is 15.1. The molecule has 0 amide bonds. The highest BCUT2D eigenvalue weighted by Gasteiger charge is 2.11. The van der Waals surface area contributed by atoms with Crippen LogP contribution in [0.4, 0.5) is 0 Å². The maximum atomic E-state index is 4.18. The van der Waals surface area contributed by atoms with Gasteiger partial charge in [0, 0.05) is 30.8 Å². The average molecular weight is 297 g/mol. The van der Waals surface area contributed by atoms with Gasteiger partial charge in [0.2, 0.25) is 0 Å². The van der Waals surface area contributed by atoms with Gasteiger partial charge < -0.3 is 4.90 Å². The van der Waals surface area contributed by atoms with Crippen LogP contribution in [-0.4, -0.2) is 35.0 Å². The SMILES string of the molecule is CN(C)C(CCCc1cccnc1)CCCc1cccnc1. The molecule has 0 aliphatic carbocycles. The lowest BCUT2D eigenvalue weighted by molar-refractivity contribution is 0.256. The first-order chi connectivity index (χ1) is 10.8. The first-order valence-electron chi connectivity index (χ1n) is 8.20. The Morgan fingerprint density at radius 2 is 1.36 bits per heavy atom. The van der Waals surface area contributed by atoms with Crippen LogP contribution in [0.25, 0.3) is 0 Å². The summed E-state index contributed by atoms with van der Waals surface area (Å²) in [6.07, 6.45) is 14.8. The third kappa shape index (κ3) is 5.94. The first-order valence-corrected chi connectivity index (χ1v) is 8.20. The molecule has 2 heterocycles. The van der Waals surface area contributed by atoms with Crippen LogP contribution in [0.15, 0.2) is 49.1 Å². The molecular formula is C19H27N3. The van der Waals surface area contributed by atoms with Crippen LogP contribution in [0, 0.1) is 0 Å². The van der Waals surface area contributed by atoms with Gasteiger partial charge in [0.15, 0.2) is 0 Å². The highest BCUT2D eigenvalue weighted by molar-refractivity contribution is 5.09. The summed E-state index contributed by atoms with van der Waals surface area (Å²) in [6.45, 7) is 0. The Hall–Kier alpha value is -1.74. The van der Waals surface area contributed by atoms with Crippen molar-refractivity contribution >= 4 is 0 Å². The molecule has 2 aromatic rings. The molecule has 0 unspecified atom stereocenters. The number of aryl methyl sites for hydroxylation is 2. The number of hydrogen-bond acceptors (Lipinski definition) is 3. The lowest BCUT2D eigenvalue weighted by Crippen LogP contribution is -2.28. The average Bonchev–Trinajstić information content (AvgIpc) is 2.55. The fraction of sp³-hybridized carbons (Fsp3) is 0.474. The molecule has 0 spiro atoms. The minimum atomic E-state index is 0.661. The third-order valence-corrected chi connectivity index (χ3v) is 4.18. The number of rotatable bonds is 9. The Kier molecular flexibility index (Phi) is 7.04. The molecule has 0 fully saturated rings. The Morgan fingerprint density at radius 3 is 1.73 bits per heavy atom. The van der Waals surface area contributed by atoms with Gasteiger partial charge in [0.25, 0.3) is 0 Å². The molecule has 0 aliphatic heterocycles. The van der Waals surface area contributed by atoms with Crippen molar-refractivity contribution in [1.29, 1.82) is 0 Å². The monoisotopic (exact) mass is 297 g/mol. The zero-order chi connectivity index (χ0) is 15.6. The maximum Gasteiger partial charge on any atom is 0.0299 e. The van der Waals surface area contributed by atoms with E-state index in [4.69, 9.17) is 0 Å². The summed E-state index contributed by atoms with van der Waals surface area (Å²) in [7, 11) is 4.39. The number of nitrogens with zero attached hydrogens (tertiary/aromatic N) is 3. The molecule has 3 nitrogen and oxygen atoms in total. The van der Waals surface area contributed by atoms with E-state index in [2.05, 4.69) is 41.1 Å². The van der Waals surface area contributed by atoms with Crippen LogP contribution >= 0.6 is 0 Å². The van der Waals surface area contributed by atoms with Crippen LogP contribution in [0.2, 0.25) is 0 Å². The van der Waals surface area contributed by atoms with Gasteiger partial charge in [-0.3, -0.25) is 9.97 Å². The van der Waals surface area contributed by atoms with Crippen molar-refractivity contribution in [3.05, 3.63) is 60.2 Å². The van der Waals surface area contributed by atoms with Crippen LogP contribution in [0.3, 0.4) is 0 Å². The van der Waals surface area contributed by atoms with Crippen molar-refractivity contribution in [2.45, 2.75) is 44.6 Å². The number of hydrogen-bond donors (Lipinski definition) is 0. The van der Waals surface area contributed by atoms with E-state index < -0.39 is 0 Å². The van der Waals surface area contributed by atoms with Crippen molar-refractivity contribution in [1.82, 2.24) is 14.9 Å². The van der Waals surface area contributed by atoms with Gasteiger partial charge in [0.05, 0.1) is 0 Å². The molecule has 0 atom stereocenters. The van der Waals surface area contributed by atoms with E-state index in [1.54, 1.807) is 0 Å². The van der Waals surface area contributed by atoms with E-state index in [1.807, 2.05) is 36.9 Å². The van der Waals surface area contributed by atoms with Crippen LogP contribution in [0.1, 0.15) is 36.8 Å². The third-order valence-electron chi connectivity index (χ3n) is 4.18. The fourth-order valence-electron chi connectivity index (χ4n) is 2.84. The second kappa shape index (κ2) is 9.31. The molecule has 2 rings (SSSR count). The highest BCUT2D eigenvalue weighted by Crippen LogP contribution is 2.15. The van der Waals surface area contributed by atoms with Gasteiger partial charge >= 0.3 is 0 Å². The first kappa shape index (κ1) is 16.6. The molecule has 0 aliphatic rings. The molecule has 0 saturated heterocycles. The lowest BCUT2D eigenvalue weighted by atomic mass is 9.99. The zero-order valence-electron chi connectivity index (χ0n) is 13.8. The summed E-state index contributed by atoms with van der Waals surface area (Å²) in [5.41, 5.74) is 2.69. The standard InChI is InChI=1S/C19H27N3/c1-22(2)19(11-3-7-17-9-5-13-20-15-17)12-4-8-18-10-6-14-21-16-18/h5-6,9-10,13-16,19H,3-4,7-8,11-12H2,1-2H3. The van der Waals surface area contributed by atoms with E-state index in [0.29, 0.717) is 6.04 Å². The molecule has 118 valence electrons. The summed E-state index contributed by atoms with van der Waals surface area (Å²) in [5.74, 6) is 0. The number of aromatic nitrogens is 2. The second-order valence-corrected chi connectivity index (χ2v) is 6.12. The van der Waals surface area contributed by atoms with Crippen molar-refractivity contribution in [3.63, 3.8) is 0 Å². The van der Waals surface area contributed by atoms with E-state index in [-0.39, 0.29) is 0 Å². The fourth-order valence-corrected chi connectivity index (χ4v) is 2.84. The predicted octanol–water partition coefficient (Wildman–Crippen LogP) is 3.75. The largest absolute Gasteiger partial charge is 0.306 e. The van der Waals surface area contributed by atoms with E-state index in [0.717, 1.165) is 12.8 Å². The molecule has 0 saturated carbocycles. The quantitative estimate of drug-likeness (QED) is 0.706. The Labute approximate surface area is 134 Å². The van der Waals surface area contributed by atoms with Gasteiger partial charge in [-0.05, 0) is 75.9 Å². The van der Waals surface area contributed by atoms with Crippen molar-refractivity contribution in [2.75, 3.05) is 14.1 Å². The van der Waals surface area contributed by atoms with Crippen LogP contribution < -0.4 is 0 Å². The van der Waals surface area contributed by atoms with Crippen LogP contribution in [-0.2, 0) is 12.8 Å². The summed E-state index contributed by atoms with van der Waals surface area (Å²) in [6, 6.07) is 9.03. The molecule has 22 heavy (non-hydrogen) atoms. The van der Waals surface area contributed by atoms with Crippen molar-refractivity contribution in [2.24, 2.45) is 0 Å². The summed E-state index contributed by atoms with van der Waals surface area (Å²) in [4.78, 5) is 10.7. The van der Waals surface area contributed by atoms with E-state index >= 15 is 0 Å². The normalized spacial score (nSPS) is 11.3. The topological polar surface area (TPSA) is 29.0 Å². The second-order valence-electron chi connectivity index (χ2n) is 6.12. The Morgan fingerprint density at radius 1 is 0.864 bits per heavy atom. The van der Waals surface area contributed by atoms with Gasteiger partial charge in [-0.2, -0.15) is 0 Å². The van der Waals surface area contributed by atoms with Gasteiger partial charge in [0.1, 0.15) is 0 Å². The molecule has 2 aromatic heterocycles. The molecule has 0 aromatic carbocycles. The van der Waals surface area contributed by atoms with Gasteiger partial charge in [-0.25, -0.2) is 0 Å². The van der Waals surface area contributed by atoms with Gasteiger partial charge in [-0.1, -0.05) is 12.1 Å². The van der Waals surface area contributed by atoms with Gasteiger partial charge in [-0.15, -0.1) is 0 Å². The summed E-state index contributed by atoms with van der Waals surface area (Å²) >= 11 is 0. The van der Waals surface area contributed by atoms with Crippen LogP contribution in [0.5, 0.6) is 0 Å². The smallest absolute Gasteiger partial charge is 0.0299 e. The Bertz CT molecular complexity index is 465. The minimum Gasteiger partial charge on any atom is -0.306 e. The zero-order valence-corrected chi connectivity index (χ0v) is 13.8. The summed E-state index contributed by atoms with van der Waals surface area (Å²) < 4.78 is 0. The minimum absolute atomic E-state index is 0.661. The lowest BCUT2D eigenvalue weighted by Gasteiger charge is -2.24. The molecule has 0 N–H and O–H groups in total. The molecular weight excluding hydrogens is 270 g/mol.